The Bertz CT molecular complexity index is 624. The van der Waals surface area contributed by atoms with Crippen LogP contribution in [0.15, 0.2) is 18.2 Å². The van der Waals surface area contributed by atoms with Gasteiger partial charge in [-0.2, -0.15) is 0 Å². The molecule has 1 saturated heterocycles. The molecule has 6 nitrogen and oxygen atoms in total. The summed E-state index contributed by atoms with van der Waals surface area (Å²) < 4.78 is 5.28. The maximum Gasteiger partial charge on any atom is 0.241 e. The molecule has 6 heteroatoms. The fraction of sp³-hybridized carbons (Fsp3) is 0.556. The number of ether oxygens (including phenoxy) is 1. The Balaban J connectivity index is 1.64. The third-order valence-electron chi connectivity index (χ3n) is 5.06. The molecule has 0 unspecified atom stereocenters. The molecule has 2 aliphatic rings. The van der Waals surface area contributed by atoms with Crippen LogP contribution in [0.4, 0.5) is 5.69 Å². The molecule has 1 aromatic rings. The second kappa shape index (κ2) is 7.21. The number of carbonyl (C=O) groups is 2. The predicted octanol–water partition coefficient (Wildman–Crippen LogP) is 1.17. The third kappa shape index (κ3) is 3.53. The minimum absolute atomic E-state index is 0.0421. The molecule has 1 fully saturated rings. The number of anilines is 1. The number of hydrogen-bond acceptors (Lipinski definition) is 4. The van der Waals surface area contributed by atoms with E-state index in [1.165, 1.54) is 5.56 Å². The summed E-state index contributed by atoms with van der Waals surface area (Å²) in [5, 5.41) is 0. The highest BCUT2D eigenvalue weighted by Crippen LogP contribution is 2.30. The van der Waals surface area contributed by atoms with E-state index < -0.39 is 0 Å². The lowest BCUT2D eigenvalue weighted by Crippen LogP contribution is -2.46. The number of aryl methyl sites for hydroxylation is 1. The van der Waals surface area contributed by atoms with Gasteiger partial charge >= 0.3 is 0 Å². The van der Waals surface area contributed by atoms with E-state index in [2.05, 4.69) is 4.90 Å². The van der Waals surface area contributed by atoms with Crippen LogP contribution in [-0.2, 0) is 16.0 Å². The van der Waals surface area contributed by atoms with E-state index in [-0.39, 0.29) is 17.7 Å². The number of benzene rings is 1. The van der Waals surface area contributed by atoms with Crippen LogP contribution >= 0.6 is 0 Å². The van der Waals surface area contributed by atoms with Crippen LogP contribution in [0.25, 0.3) is 0 Å². The normalized spacial score (nSPS) is 19.0. The van der Waals surface area contributed by atoms with Gasteiger partial charge < -0.3 is 15.4 Å². The van der Waals surface area contributed by atoms with Gasteiger partial charge in [-0.3, -0.25) is 14.5 Å². The van der Waals surface area contributed by atoms with Crippen LogP contribution in [0.2, 0.25) is 0 Å². The zero-order valence-electron chi connectivity index (χ0n) is 14.2. The summed E-state index contributed by atoms with van der Waals surface area (Å²) in [6, 6.07) is 5.90. The first-order chi connectivity index (χ1) is 11.6. The average molecular weight is 331 g/mol. The number of primary amides is 1. The number of piperidine rings is 1. The van der Waals surface area contributed by atoms with Crippen LogP contribution in [0.1, 0.15) is 24.8 Å². The van der Waals surface area contributed by atoms with E-state index in [9.17, 15) is 9.59 Å². The van der Waals surface area contributed by atoms with Gasteiger partial charge in [0, 0.05) is 18.2 Å². The molecule has 0 bridgehead atoms. The molecule has 0 aliphatic carbocycles. The maximum atomic E-state index is 12.8. The van der Waals surface area contributed by atoms with Crippen molar-refractivity contribution in [3.8, 4) is 5.75 Å². The van der Waals surface area contributed by atoms with E-state index in [1.807, 2.05) is 23.1 Å². The minimum Gasteiger partial charge on any atom is -0.497 e. The molecule has 0 aromatic heterocycles. The highest BCUT2D eigenvalue weighted by atomic mass is 16.5. The van der Waals surface area contributed by atoms with E-state index in [1.54, 1.807) is 7.11 Å². The van der Waals surface area contributed by atoms with Crippen molar-refractivity contribution in [2.75, 3.05) is 38.2 Å². The first-order valence-electron chi connectivity index (χ1n) is 8.57. The smallest absolute Gasteiger partial charge is 0.241 e. The van der Waals surface area contributed by atoms with Crippen LogP contribution in [0, 0.1) is 5.92 Å². The zero-order chi connectivity index (χ0) is 17.1. The van der Waals surface area contributed by atoms with Crippen LogP contribution in [0.3, 0.4) is 0 Å². The van der Waals surface area contributed by atoms with Crippen molar-refractivity contribution < 1.29 is 14.3 Å². The number of carbonyl (C=O) groups excluding carboxylic acids is 2. The Labute approximate surface area is 142 Å². The van der Waals surface area contributed by atoms with Crippen molar-refractivity contribution in [2.24, 2.45) is 11.7 Å². The zero-order valence-corrected chi connectivity index (χ0v) is 14.2. The summed E-state index contributed by atoms with van der Waals surface area (Å²) in [7, 11) is 1.66. The van der Waals surface area contributed by atoms with Gasteiger partial charge in [-0.05, 0) is 62.5 Å². The van der Waals surface area contributed by atoms with Gasteiger partial charge in [0.25, 0.3) is 0 Å². The second-order valence-corrected chi connectivity index (χ2v) is 6.60. The van der Waals surface area contributed by atoms with Crippen molar-refractivity contribution in [1.82, 2.24) is 4.90 Å². The van der Waals surface area contributed by atoms with Crippen LogP contribution < -0.4 is 15.4 Å². The number of nitrogens with zero attached hydrogens (tertiary/aromatic N) is 2. The Morgan fingerprint density at radius 3 is 2.67 bits per heavy atom. The van der Waals surface area contributed by atoms with Crippen LogP contribution in [-0.4, -0.2) is 50.0 Å². The number of fused-ring (bicyclic) bond motifs is 1. The van der Waals surface area contributed by atoms with E-state index >= 15 is 0 Å². The topological polar surface area (TPSA) is 75.9 Å². The number of hydrogen-bond donors (Lipinski definition) is 1. The van der Waals surface area contributed by atoms with Crippen molar-refractivity contribution in [3.05, 3.63) is 23.8 Å². The summed E-state index contributed by atoms with van der Waals surface area (Å²) in [5.74, 6) is 0.689. The van der Waals surface area contributed by atoms with Gasteiger partial charge in [-0.1, -0.05) is 0 Å². The van der Waals surface area contributed by atoms with Gasteiger partial charge in [-0.25, -0.2) is 0 Å². The molecule has 2 amide bonds. The lowest BCUT2D eigenvalue weighted by atomic mass is 9.96. The second-order valence-electron chi connectivity index (χ2n) is 6.60. The summed E-state index contributed by atoms with van der Waals surface area (Å²) >= 11 is 0. The number of amides is 2. The Hall–Kier alpha value is -2.08. The number of nitrogens with two attached hydrogens (primary N) is 1. The lowest BCUT2D eigenvalue weighted by molar-refractivity contribution is -0.123. The predicted molar refractivity (Wildman–Crippen MR) is 92.0 cm³/mol. The number of likely N-dealkylation sites (tertiary alicyclic amines) is 1. The first kappa shape index (κ1) is 16.8. The Kier molecular flexibility index (Phi) is 5.04. The molecular formula is C18H25N3O3. The van der Waals surface area contributed by atoms with Gasteiger partial charge in [0.1, 0.15) is 5.75 Å². The Morgan fingerprint density at radius 2 is 2.00 bits per heavy atom. The third-order valence-corrected chi connectivity index (χ3v) is 5.06. The number of methoxy groups -OCH3 is 1. The largest absolute Gasteiger partial charge is 0.497 e. The van der Waals surface area contributed by atoms with Gasteiger partial charge in [0.15, 0.2) is 0 Å². The van der Waals surface area contributed by atoms with E-state index in [0.29, 0.717) is 6.54 Å². The van der Waals surface area contributed by atoms with E-state index in [0.717, 1.165) is 56.8 Å². The molecule has 2 N–H and O–H groups in total. The molecule has 0 atom stereocenters. The molecule has 24 heavy (non-hydrogen) atoms. The fourth-order valence-electron chi connectivity index (χ4n) is 3.61. The molecule has 2 heterocycles. The maximum absolute atomic E-state index is 12.8. The highest BCUT2D eigenvalue weighted by Gasteiger charge is 2.28. The van der Waals surface area contributed by atoms with Crippen molar-refractivity contribution in [1.29, 1.82) is 0 Å². The van der Waals surface area contributed by atoms with E-state index in [4.69, 9.17) is 10.5 Å². The lowest BCUT2D eigenvalue weighted by Gasteiger charge is -2.34. The minimum atomic E-state index is -0.222. The number of rotatable bonds is 4. The SMILES string of the molecule is COc1ccc2c(c1)CCCN2C(=O)CN1CCC(C(N)=O)CC1. The molecule has 0 spiro atoms. The van der Waals surface area contributed by atoms with Gasteiger partial charge in [0.2, 0.25) is 11.8 Å². The molecular weight excluding hydrogens is 306 g/mol. The fourth-order valence-corrected chi connectivity index (χ4v) is 3.61. The first-order valence-corrected chi connectivity index (χ1v) is 8.57. The molecule has 2 aliphatic heterocycles. The summed E-state index contributed by atoms with van der Waals surface area (Å²) in [6.07, 6.45) is 3.43. The average Bonchev–Trinajstić information content (AvgIpc) is 2.61. The molecule has 3 rings (SSSR count). The molecule has 0 saturated carbocycles. The van der Waals surface area contributed by atoms with Gasteiger partial charge in [-0.15, -0.1) is 0 Å². The molecule has 130 valence electrons. The van der Waals surface area contributed by atoms with Gasteiger partial charge in [0.05, 0.1) is 13.7 Å². The van der Waals surface area contributed by atoms with Crippen molar-refractivity contribution >= 4 is 17.5 Å². The quantitative estimate of drug-likeness (QED) is 0.899. The monoisotopic (exact) mass is 331 g/mol. The van der Waals surface area contributed by atoms with Crippen LogP contribution in [0.5, 0.6) is 5.75 Å². The summed E-state index contributed by atoms with van der Waals surface area (Å²) in [5.41, 5.74) is 7.53. The Morgan fingerprint density at radius 1 is 1.25 bits per heavy atom. The van der Waals surface area contributed by atoms with Crippen molar-refractivity contribution in [3.63, 3.8) is 0 Å². The molecule has 0 radical (unpaired) electrons. The summed E-state index contributed by atoms with van der Waals surface area (Å²) in [4.78, 5) is 28.0. The summed E-state index contributed by atoms with van der Waals surface area (Å²) in [6.45, 7) is 2.66. The standard InChI is InChI=1S/C18H25N3O3/c1-24-15-4-5-16-14(11-15)3-2-8-21(16)17(22)12-20-9-6-13(7-10-20)18(19)23/h4-5,11,13H,2-3,6-10,12H2,1H3,(H2,19,23). The van der Waals surface area contributed by atoms with Crippen molar-refractivity contribution in [2.45, 2.75) is 25.7 Å². The molecule has 1 aromatic carbocycles. The highest BCUT2D eigenvalue weighted by molar-refractivity contribution is 5.96.